The van der Waals surface area contributed by atoms with Gasteiger partial charge in [-0.05, 0) is 31.4 Å². The fourth-order valence-electron chi connectivity index (χ4n) is 1.76. The van der Waals surface area contributed by atoms with Gasteiger partial charge < -0.3 is 4.90 Å². The van der Waals surface area contributed by atoms with E-state index in [9.17, 15) is 4.79 Å². The van der Waals surface area contributed by atoms with Crippen LogP contribution < -0.4 is 4.90 Å². The molecule has 0 aliphatic carbocycles. The molecule has 0 N–H and O–H groups in total. The van der Waals surface area contributed by atoms with Crippen molar-refractivity contribution in [3.8, 4) is 0 Å². The molecule has 1 rings (SSSR count). The van der Waals surface area contributed by atoms with Crippen LogP contribution in [0.4, 0.5) is 5.69 Å². The molecule has 1 aromatic rings. The molecule has 17 heavy (non-hydrogen) atoms. The molecule has 0 bridgehead atoms. The maximum absolute atomic E-state index is 12.3. The highest BCUT2D eigenvalue weighted by Crippen LogP contribution is 2.22. The third-order valence-corrected chi connectivity index (χ3v) is 3.69. The number of nitrogens with zero attached hydrogens (tertiary/aromatic N) is 1. The number of amides is 1. The molecule has 0 heterocycles. The number of benzene rings is 1. The highest BCUT2D eigenvalue weighted by Gasteiger charge is 2.24. The Morgan fingerprint density at radius 2 is 1.94 bits per heavy atom. The highest BCUT2D eigenvalue weighted by atomic mass is 32.1. The van der Waals surface area contributed by atoms with Crippen molar-refractivity contribution in [1.29, 1.82) is 0 Å². The molecule has 0 aliphatic heterocycles. The first kappa shape index (κ1) is 14.1. The van der Waals surface area contributed by atoms with Gasteiger partial charge in [0.05, 0.1) is 5.25 Å². The van der Waals surface area contributed by atoms with E-state index in [0.717, 1.165) is 11.3 Å². The van der Waals surface area contributed by atoms with Crippen LogP contribution in [0.25, 0.3) is 0 Å². The van der Waals surface area contributed by atoms with E-state index in [4.69, 9.17) is 0 Å². The van der Waals surface area contributed by atoms with Crippen LogP contribution in [0.2, 0.25) is 0 Å². The van der Waals surface area contributed by atoms with Crippen molar-refractivity contribution < 1.29 is 4.79 Å². The topological polar surface area (TPSA) is 20.3 Å². The van der Waals surface area contributed by atoms with Crippen molar-refractivity contribution in [1.82, 2.24) is 0 Å². The molecule has 0 spiro atoms. The number of hydrogen-bond acceptors (Lipinski definition) is 2. The Labute approximate surface area is 109 Å². The first-order chi connectivity index (χ1) is 7.99. The lowest BCUT2D eigenvalue weighted by Gasteiger charge is -2.27. The van der Waals surface area contributed by atoms with Crippen LogP contribution in [0.1, 0.15) is 26.3 Å². The van der Waals surface area contributed by atoms with Crippen LogP contribution in [0.15, 0.2) is 24.3 Å². The first-order valence-corrected chi connectivity index (χ1v) is 6.55. The van der Waals surface area contributed by atoms with Crippen LogP contribution in [-0.4, -0.2) is 17.7 Å². The normalized spacial score (nSPS) is 12.6. The Bertz CT molecular complexity index is 390. The molecule has 0 saturated heterocycles. The van der Waals surface area contributed by atoms with E-state index in [0.29, 0.717) is 6.54 Å². The Kier molecular flexibility index (Phi) is 5.06. The summed E-state index contributed by atoms with van der Waals surface area (Å²) in [7, 11) is 0. The average molecular weight is 251 g/mol. The largest absolute Gasteiger partial charge is 0.311 e. The van der Waals surface area contributed by atoms with Gasteiger partial charge in [0.1, 0.15) is 0 Å². The molecule has 94 valence electrons. The second-order valence-electron chi connectivity index (χ2n) is 4.56. The predicted octanol–water partition coefficient (Wildman–Crippen LogP) is 3.30. The van der Waals surface area contributed by atoms with Gasteiger partial charge in [-0.1, -0.05) is 32.0 Å². The van der Waals surface area contributed by atoms with E-state index < -0.39 is 0 Å². The zero-order chi connectivity index (χ0) is 13.0. The van der Waals surface area contributed by atoms with Crippen LogP contribution in [0.3, 0.4) is 0 Å². The van der Waals surface area contributed by atoms with Crippen LogP contribution >= 0.6 is 12.6 Å². The van der Waals surface area contributed by atoms with E-state index in [2.05, 4.69) is 12.6 Å². The Morgan fingerprint density at radius 3 is 2.41 bits per heavy atom. The third kappa shape index (κ3) is 3.25. The molecular weight excluding hydrogens is 230 g/mol. The van der Waals surface area contributed by atoms with E-state index in [1.165, 1.54) is 0 Å². The molecular formula is C14H21NOS. The highest BCUT2D eigenvalue weighted by molar-refractivity contribution is 7.81. The lowest BCUT2D eigenvalue weighted by Crippen LogP contribution is -2.39. The standard InChI is InChI=1S/C14H21NOS/c1-5-15(14(16)13(17)10(2)3)12-9-7-6-8-11(12)4/h6-10,13,17H,5H2,1-4H3. The van der Waals surface area contributed by atoms with Crippen LogP contribution in [-0.2, 0) is 4.79 Å². The van der Waals surface area contributed by atoms with Gasteiger partial charge in [-0.25, -0.2) is 0 Å². The molecule has 1 aromatic carbocycles. The van der Waals surface area contributed by atoms with Gasteiger partial charge >= 0.3 is 0 Å². The minimum Gasteiger partial charge on any atom is -0.311 e. The van der Waals surface area contributed by atoms with Crippen molar-refractivity contribution >= 4 is 24.2 Å². The van der Waals surface area contributed by atoms with Crippen LogP contribution in [0.5, 0.6) is 0 Å². The number of hydrogen-bond donors (Lipinski definition) is 1. The summed E-state index contributed by atoms with van der Waals surface area (Å²) in [5, 5.41) is -0.241. The summed E-state index contributed by atoms with van der Waals surface area (Å²) in [4.78, 5) is 14.1. The summed E-state index contributed by atoms with van der Waals surface area (Å²) in [6, 6.07) is 7.95. The second kappa shape index (κ2) is 6.10. The van der Waals surface area contributed by atoms with Crippen molar-refractivity contribution in [2.75, 3.05) is 11.4 Å². The molecule has 1 unspecified atom stereocenters. The number of rotatable bonds is 4. The van der Waals surface area contributed by atoms with Crippen molar-refractivity contribution in [3.63, 3.8) is 0 Å². The van der Waals surface area contributed by atoms with Gasteiger partial charge in [0.25, 0.3) is 0 Å². The maximum Gasteiger partial charge on any atom is 0.240 e. The lowest BCUT2D eigenvalue weighted by molar-refractivity contribution is -0.118. The number of thiol groups is 1. The summed E-state index contributed by atoms with van der Waals surface area (Å²) in [5.74, 6) is 0.323. The van der Waals surface area contributed by atoms with E-state index >= 15 is 0 Å². The Hall–Kier alpha value is -0.960. The minimum atomic E-state index is -0.241. The van der Waals surface area contributed by atoms with E-state index in [1.807, 2.05) is 56.9 Å². The Morgan fingerprint density at radius 1 is 1.35 bits per heavy atom. The molecule has 3 heteroatoms. The molecule has 0 aliphatic rings. The zero-order valence-electron chi connectivity index (χ0n) is 11.0. The molecule has 2 nitrogen and oxygen atoms in total. The number of carbonyl (C=O) groups excluding carboxylic acids is 1. The zero-order valence-corrected chi connectivity index (χ0v) is 11.9. The Balaban J connectivity index is 3.00. The van der Waals surface area contributed by atoms with Gasteiger partial charge in [-0.2, -0.15) is 12.6 Å². The molecule has 0 radical (unpaired) electrons. The maximum atomic E-state index is 12.3. The fourth-order valence-corrected chi connectivity index (χ4v) is 1.90. The number of carbonyl (C=O) groups is 1. The number of aryl methyl sites for hydroxylation is 1. The van der Waals surface area contributed by atoms with E-state index in [1.54, 1.807) is 0 Å². The average Bonchev–Trinajstić information content (AvgIpc) is 2.31. The van der Waals surface area contributed by atoms with Gasteiger partial charge in [-0.3, -0.25) is 4.79 Å². The van der Waals surface area contributed by atoms with Gasteiger partial charge in [0, 0.05) is 12.2 Å². The molecule has 1 atom stereocenters. The molecule has 1 amide bonds. The van der Waals surface area contributed by atoms with Gasteiger partial charge in [-0.15, -0.1) is 0 Å². The summed E-state index contributed by atoms with van der Waals surface area (Å²) < 4.78 is 0. The first-order valence-electron chi connectivity index (χ1n) is 6.04. The predicted molar refractivity (Wildman–Crippen MR) is 76.8 cm³/mol. The number of para-hydroxylation sites is 1. The number of anilines is 1. The summed E-state index contributed by atoms with van der Waals surface area (Å²) >= 11 is 4.41. The van der Waals surface area contributed by atoms with Crippen molar-refractivity contribution in [2.24, 2.45) is 5.92 Å². The molecule has 0 aromatic heterocycles. The SMILES string of the molecule is CCN(C(=O)C(S)C(C)C)c1ccccc1C. The fraction of sp³-hybridized carbons (Fsp3) is 0.500. The second-order valence-corrected chi connectivity index (χ2v) is 5.11. The third-order valence-electron chi connectivity index (χ3n) is 2.87. The van der Waals surface area contributed by atoms with E-state index in [-0.39, 0.29) is 17.1 Å². The van der Waals surface area contributed by atoms with Crippen LogP contribution in [0, 0.1) is 12.8 Å². The molecule has 0 fully saturated rings. The van der Waals surface area contributed by atoms with Crippen molar-refractivity contribution in [3.05, 3.63) is 29.8 Å². The quantitative estimate of drug-likeness (QED) is 0.814. The summed E-state index contributed by atoms with van der Waals surface area (Å²) in [6.45, 7) is 8.72. The van der Waals surface area contributed by atoms with Crippen molar-refractivity contribution in [2.45, 2.75) is 32.9 Å². The molecule has 0 saturated carbocycles. The minimum absolute atomic E-state index is 0.0835. The monoisotopic (exact) mass is 251 g/mol. The summed E-state index contributed by atoms with van der Waals surface area (Å²) in [6.07, 6.45) is 0. The lowest BCUT2D eigenvalue weighted by atomic mass is 10.1. The van der Waals surface area contributed by atoms with Gasteiger partial charge in [0.2, 0.25) is 5.91 Å². The summed E-state index contributed by atoms with van der Waals surface area (Å²) in [5.41, 5.74) is 2.10. The smallest absolute Gasteiger partial charge is 0.240 e. The van der Waals surface area contributed by atoms with Gasteiger partial charge in [0.15, 0.2) is 0 Å².